The first-order valence-electron chi connectivity index (χ1n) is 4.97. The van der Waals surface area contributed by atoms with E-state index < -0.39 is 11.4 Å². The van der Waals surface area contributed by atoms with E-state index in [1.165, 1.54) is 0 Å². The third-order valence-electron chi connectivity index (χ3n) is 2.88. The zero-order valence-corrected chi connectivity index (χ0v) is 8.83. The van der Waals surface area contributed by atoms with Crippen LogP contribution >= 0.6 is 0 Å². The van der Waals surface area contributed by atoms with Gasteiger partial charge < -0.3 is 14.8 Å². The smallest absolute Gasteiger partial charge is 0.322 e. The van der Waals surface area contributed by atoms with Gasteiger partial charge in [-0.3, -0.25) is 4.79 Å². The summed E-state index contributed by atoms with van der Waals surface area (Å²) in [5.74, 6) is -0.347. The largest absolute Gasteiger partial charge is 0.480 e. The average Bonchev–Trinajstić information content (AvgIpc) is 2.44. The van der Waals surface area contributed by atoms with Crippen molar-refractivity contribution in [2.75, 3.05) is 13.2 Å². The minimum Gasteiger partial charge on any atom is -0.480 e. The molecule has 2 heterocycles. The molecule has 0 radical (unpaired) electrons. The zero-order chi connectivity index (χ0) is 11.1. The molecule has 1 aliphatic rings. The topological polar surface area (TPSA) is 75.2 Å². The number of aliphatic carboxylic acids is 1. The Bertz CT molecular complexity index is 393. The first-order valence-corrected chi connectivity index (χ1v) is 4.97. The third-order valence-corrected chi connectivity index (χ3v) is 2.88. The summed E-state index contributed by atoms with van der Waals surface area (Å²) in [6.45, 7) is 4.32. The van der Waals surface area contributed by atoms with Crippen molar-refractivity contribution in [1.29, 1.82) is 0 Å². The number of aromatic amines is 1. The van der Waals surface area contributed by atoms with Crippen molar-refractivity contribution in [2.24, 2.45) is 0 Å². The van der Waals surface area contributed by atoms with E-state index in [2.05, 4.69) is 9.97 Å². The fraction of sp³-hybridized carbons (Fsp3) is 0.600. The van der Waals surface area contributed by atoms with E-state index in [4.69, 9.17) is 4.74 Å². The van der Waals surface area contributed by atoms with Crippen LogP contribution in [0.1, 0.15) is 24.1 Å². The van der Waals surface area contributed by atoms with Gasteiger partial charge in [0.1, 0.15) is 5.82 Å². The molecule has 1 aromatic rings. The van der Waals surface area contributed by atoms with Gasteiger partial charge in [-0.25, -0.2) is 4.98 Å². The Hall–Kier alpha value is -1.36. The van der Waals surface area contributed by atoms with E-state index in [-0.39, 0.29) is 13.2 Å². The molecule has 0 amide bonds. The molecule has 2 N–H and O–H groups in total. The Morgan fingerprint density at radius 3 is 2.67 bits per heavy atom. The molecule has 0 spiro atoms. The second-order valence-electron chi connectivity index (χ2n) is 3.89. The number of hydrogen-bond acceptors (Lipinski definition) is 3. The van der Waals surface area contributed by atoms with Crippen LogP contribution in [0, 0.1) is 6.92 Å². The molecule has 0 bridgehead atoms. The maximum atomic E-state index is 11.2. The number of imidazole rings is 1. The van der Waals surface area contributed by atoms with Crippen molar-refractivity contribution in [3.63, 3.8) is 0 Å². The van der Waals surface area contributed by atoms with Crippen LogP contribution in [-0.4, -0.2) is 34.3 Å². The lowest BCUT2D eigenvalue weighted by Gasteiger charge is -2.35. The number of ether oxygens (including phenoxy) is 1. The summed E-state index contributed by atoms with van der Waals surface area (Å²) in [6.07, 6.45) is 0.804. The molecule has 5 heteroatoms. The highest BCUT2D eigenvalue weighted by Crippen LogP contribution is 2.31. The summed E-state index contributed by atoms with van der Waals surface area (Å²) >= 11 is 0. The highest BCUT2D eigenvalue weighted by atomic mass is 16.5. The summed E-state index contributed by atoms with van der Waals surface area (Å²) in [5, 5.41) is 9.17. The predicted octanol–water partition coefficient (Wildman–Crippen LogP) is 0.633. The highest BCUT2D eigenvalue weighted by Gasteiger charge is 2.50. The molecule has 15 heavy (non-hydrogen) atoms. The molecule has 5 nitrogen and oxygen atoms in total. The monoisotopic (exact) mass is 210 g/mol. The highest BCUT2D eigenvalue weighted by molar-refractivity contribution is 5.81. The zero-order valence-electron chi connectivity index (χ0n) is 8.83. The summed E-state index contributed by atoms with van der Waals surface area (Å²) in [4.78, 5) is 18.5. The second-order valence-corrected chi connectivity index (χ2v) is 3.89. The van der Waals surface area contributed by atoms with Gasteiger partial charge >= 0.3 is 5.97 Å². The van der Waals surface area contributed by atoms with Gasteiger partial charge in [-0.15, -0.1) is 0 Å². The molecule has 0 aromatic carbocycles. The Labute approximate surface area is 87.5 Å². The summed E-state index contributed by atoms with van der Waals surface area (Å²) in [6, 6.07) is 0. The molecular weight excluding hydrogens is 196 g/mol. The maximum absolute atomic E-state index is 11.2. The Morgan fingerprint density at radius 1 is 1.67 bits per heavy atom. The van der Waals surface area contributed by atoms with Crippen molar-refractivity contribution in [2.45, 2.75) is 25.7 Å². The normalized spacial score (nSPS) is 18.5. The number of carboxylic acids is 1. The van der Waals surface area contributed by atoms with E-state index in [0.717, 1.165) is 17.8 Å². The Balaban J connectivity index is 2.39. The van der Waals surface area contributed by atoms with E-state index in [9.17, 15) is 9.90 Å². The molecule has 0 aliphatic carbocycles. The van der Waals surface area contributed by atoms with Gasteiger partial charge in [-0.05, 0) is 13.3 Å². The van der Waals surface area contributed by atoms with Crippen molar-refractivity contribution < 1.29 is 14.6 Å². The van der Waals surface area contributed by atoms with E-state index >= 15 is 0 Å². The molecule has 0 atom stereocenters. The number of aromatic nitrogens is 2. The number of carboxylic acid groups (broad SMARTS) is 1. The van der Waals surface area contributed by atoms with Crippen molar-refractivity contribution in [3.05, 3.63) is 17.2 Å². The molecule has 1 saturated heterocycles. The molecular formula is C10H14N2O3. The number of aryl methyl sites for hydroxylation is 2. The van der Waals surface area contributed by atoms with Crippen molar-refractivity contribution in [3.8, 4) is 0 Å². The van der Waals surface area contributed by atoms with Crippen LogP contribution in [0.4, 0.5) is 0 Å². The van der Waals surface area contributed by atoms with E-state index in [1.54, 1.807) is 0 Å². The molecule has 0 saturated carbocycles. The first-order chi connectivity index (χ1) is 7.10. The van der Waals surface area contributed by atoms with Gasteiger partial charge in [0, 0.05) is 5.69 Å². The van der Waals surface area contributed by atoms with Crippen LogP contribution < -0.4 is 0 Å². The maximum Gasteiger partial charge on any atom is 0.322 e. The molecule has 1 aliphatic heterocycles. The minimum absolute atomic E-state index is 0.207. The Kier molecular flexibility index (Phi) is 2.26. The van der Waals surface area contributed by atoms with Crippen LogP contribution in [0.25, 0.3) is 0 Å². The fourth-order valence-corrected chi connectivity index (χ4v) is 1.74. The molecule has 1 fully saturated rings. The van der Waals surface area contributed by atoms with Crippen molar-refractivity contribution >= 4 is 5.97 Å². The number of nitrogens with zero attached hydrogens (tertiary/aromatic N) is 1. The number of carbonyl (C=O) groups is 1. The van der Waals surface area contributed by atoms with Crippen LogP contribution in [0.2, 0.25) is 0 Å². The quantitative estimate of drug-likeness (QED) is 0.767. The van der Waals surface area contributed by atoms with Crippen LogP contribution in [0.5, 0.6) is 0 Å². The second kappa shape index (κ2) is 3.34. The molecule has 82 valence electrons. The van der Waals surface area contributed by atoms with Gasteiger partial charge in [0.05, 0.1) is 18.9 Å². The number of hydrogen-bond donors (Lipinski definition) is 2. The molecule has 0 unspecified atom stereocenters. The van der Waals surface area contributed by atoms with Crippen LogP contribution in [-0.2, 0) is 21.4 Å². The van der Waals surface area contributed by atoms with Crippen molar-refractivity contribution in [1.82, 2.24) is 9.97 Å². The Morgan fingerprint density at radius 2 is 2.33 bits per heavy atom. The lowest BCUT2D eigenvalue weighted by Crippen LogP contribution is -2.53. The van der Waals surface area contributed by atoms with Gasteiger partial charge in [-0.1, -0.05) is 6.92 Å². The van der Waals surface area contributed by atoms with Crippen LogP contribution in [0.3, 0.4) is 0 Å². The van der Waals surface area contributed by atoms with Gasteiger partial charge in [0.25, 0.3) is 0 Å². The molecule has 1 aromatic heterocycles. The summed E-state index contributed by atoms with van der Waals surface area (Å²) < 4.78 is 5.00. The number of nitrogens with one attached hydrogen (secondary N) is 1. The third kappa shape index (κ3) is 1.34. The van der Waals surface area contributed by atoms with Gasteiger partial charge in [0.15, 0.2) is 5.41 Å². The lowest BCUT2D eigenvalue weighted by molar-refractivity contribution is -0.163. The number of H-pyrrole nitrogens is 1. The fourth-order valence-electron chi connectivity index (χ4n) is 1.74. The SMILES string of the molecule is CCc1nc(C2(C(=O)O)COC2)[nH]c1C. The minimum atomic E-state index is -0.946. The van der Waals surface area contributed by atoms with Gasteiger partial charge in [0.2, 0.25) is 0 Å². The van der Waals surface area contributed by atoms with E-state index in [1.807, 2.05) is 13.8 Å². The number of rotatable bonds is 3. The lowest BCUT2D eigenvalue weighted by atomic mass is 9.85. The molecule has 2 rings (SSSR count). The van der Waals surface area contributed by atoms with Crippen LogP contribution in [0.15, 0.2) is 0 Å². The van der Waals surface area contributed by atoms with Gasteiger partial charge in [-0.2, -0.15) is 0 Å². The summed E-state index contributed by atoms with van der Waals surface area (Å²) in [7, 11) is 0. The standard InChI is InChI=1S/C10H14N2O3/c1-3-7-6(2)11-8(12-7)10(9(13)14)4-15-5-10/h3-5H2,1-2H3,(H,11,12)(H,13,14). The summed E-state index contributed by atoms with van der Waals surface area (Å²) in [5.41, 5.74) is 0.926. The first kappa shape index (κ1) is 10.2. The predicted molar refractivity (Wildman–Crippen MR) is 52.8 cm³/mol. The van der Waals surface area contributed by atoms with E-state index in [0.29, 0.717) is 5.82 Å². The average molecular weight is 210 g/mol.